The van der Waals surface area contributed by atoms with Crippen molar-refractivity contribution in [2.75, 3.05) is 6.61 Å². The zero-order chi connectivity index (χ0) is 15.1. The first-order valence-electron chi connectivity index (χ1n) is 8.43. The molecule has 0 aromatic heterocycles. The topological polar surface area (TPSA) is 26.3 Å². The van der Waals surface area contributed by atoms with Crippen molar-refractivity contribution in [3.8, 4) is 0 Å². The number of hydrogen-bond donors (Lipinski definition) is 0. The third-order valence-electron chi connectivity index (χ3n) is 4.69. The van der Waals surface area contributed by atoms with E-state index in [0.29, 0.717) is 18.9 Å². The molecule has 1 saturated carbocycles. The molecular weight excluding hydrogens is 260 g/mol. The summed E-state index contributed by atoms with van der Waals surface area (Å²) in [6.07, 6.45) is 8.13. The van der Waals surface area contributed by atoms with Crippen LogP contribution in [0.3, 0.4) is 0 Å². The van der Waals surface area contributed by atoms with E-state index in [4.69, 9.17) is 4.74 Å². The molecule has 1 fully saturated rings. The zero-order valence-corrected chi connectivity index (χ0v) is 13.4. The summed E-state index contributed by atoms with van der Waals surface area (Å²) in [6.45, 7) is 4.48. The standard InChI is InChI=1S/C19H28O2/c1-3-21-19(20)14-13-18(16-7-5-4-6-8-16)17-11-9-15(2)10-12-17/h9-12,16,18H,3-8,13-14H2,1-2H3/t18-/m1/s1. The molecular formula is C19H28O2. The number of carbonyl (C=O) groups excluding carboxylic acids is 1. The molecule has 2 rings (SSSR count). The maximum absolute atomic E-state index is 11.7. The van der Waals surface area contributed by atoms with E-state index in [0.717, 1.165) is 12.3 Å². The minimum Gasteiger partial charge on any atom is -0.466 e. The molecule has 0 bridgehead atoms. The van der Waals surface area contributed by atoms with Crippen LogP contribution in [0.2, 0.25) is 0 Å². The van der Waals surface area contributed by atoms with E-state index in [1.807, 2.05) is 6.92 Å². The largest absolute Gasteiger partial charge is 0.466 e. The van der Waals surface area contributed by atoms with Crippen molar-refractivity contribution >= 4 is 5.97 Å². The Balaban J connectivity index is 2.05. The molecule has 0 radical (unpaired) electrons. The third-order valence-corrected chi connectivity index (χ3v) is 4.69. The molecule has 2 heteroatoms. The van der Waals surface area contributed by atoms with E-state index < -0.39 is 0 Å². The number of carbonyl (C=O) groups is 1. The van der Waals surface area contributed by atoms with Crippen LogP contribution in [0.1, 0.15) is 68.9 Å². The van der Waals surface area contributed by atoms with Gasteiger partial charge in [0, 0.05) is 6.42 Å². The Kier molecular flexibility index (Phi) is 6.28. The van der Waals surface area contributed by atoms with Gasteiger partial charge in [0.25, 0.3) is 0 Å². The molecule has 1 aromatic rings. The molecule has 2 nitrogen and oxygen atoms in total. The van der Waals surface area contributed by atoms with E-state index in [-0.39, 0.29) is 5.97 Å². The highest BCUT2D eigenvalue weighted by atomic mass is 16.5. The quantitative estimate of drug-likeness (QED) is 0.688. The van der Waals surface area contributed by atoms with Gasteiger partial charge in [-0.2, -0.15) is 0 Å². The molecule has 0 unspecified atom stereocenters. The Morgan fingerprint density at radius 3 is 2.48 bits per heavy atom. The number of hydrogen-bond acceptors (Lipinski definition) is 2. The molecule has 1 aromatic carbocycles. The Bertz CT molecular complexity index is 429. The summed E-state index contributed by atoms with van der Waals surface area (Å²) < 4.78 is 5.10. The molecule has 0 aliphatic heterocycles. The summed E-state index contributed by atoms with van der Waals surface area (Å²) in [7, 11) is 0. The normalized spacial score (nSPS) is 17.4. The van der Waals surface area contributed by atoms with Crippen LogP contribution in [0, 0.1) is 12.8 Å². The summed E-state index contributed by atoms with van der Waals surface area (Å²) in [5.74, 6) is 1.19. The van der Waals surface area contributed by atoms with Gasteiger partial charge in [-0.15, -0.1) is 0 Å². The minimum atomic E-state index is -0.0505. The lowest BCUT2D eigenvalue weighted by molar-refractivity contribution is -0.143. The molecule has 0 N–H and O–H groups in total. The fourth-order valence-corrected chi connectivity index (χ4v) is 3.53. The lowest BCUT2D eigenvalue weighted by Gasteiger charge is -2.30. The Morgan fingerprint density at radius 2 is 1.86 bits per heavy atom. The van der Waals surface area contributed by atoms with Crippen LogP contribution in [0.5, 0.6) is 0 Å². The average Bonchev–Trinajstić information content (AvgIpc) is 2.50. The van der Waals surface area contributed by atoms with Gasteiger partial charge in [0.05, 0.1) is 6.61 Å². The third kappa shape index (κ3) is 4.87. The average molecular weight is 288 g/mol. The molecule has 0 spiro atoms. The van der Waals surface area contributed by atoms with Crippen molar-refractivity contribution in [3.05, 3.63) is 35.4 Å². The van der Waals surface area contributed by atoms with Crippen LogP contribution in [0.15, 0.2) is 24.3 Å². The van der Waals surface area contributed by atoms with Gasteiger partial charge >= 0.3 is 5.97 Å². The van der Waals surface area contributed by atoms with Gasteiger partial charge in [0.1, 0.15) is 0 Å². The van der Waals surface area contributed by atoms with E-state index in [1.54, 1.807) is 0 Å². The van der Waals surface area contributed by atoms with Crippen LogP contribution in [-0.4, -0.2) is 12.6 Å². The van der Waals surface area contributed by atoms with Gasteiger partial charge in [-0.1, -0.05) is 49.1 Å². The highest BCUT2D eigenvalue weighted by Crippen LogP contribution is 2.39. The number of benzene rings is 1. The second kappa shape index (κ2) is 8.21. The molecule has 1 aliphatic carbocycles. The van der Waals surface area contributed by atoms with E-state index in [1.165, 1.54) is 43.2 Å². The predicted octanol–water partition coefficient (Wildman–Crippen LogP) is 5.00. The van der Waals surface area contributed by atoms with Crippen molar-refractivity contribution in [1.82, 2.24) is 0 Å². The summed E-state index contributed by atoms with van der Waals surface area (Å²) in [5.41, 5.74) is 2.70. The molecule has 1 aliphatic rings. The van der Waals surface area contributed by atoms with Gasteiger partial charge in [0.2, 0.25) is 0 Å². The highest BCUT2D eigenvalue weighted by molar-refractivity contribution is 5.69. The second-order valence-electron chi connectivity index (χ2n) is 6.26. The van der Waals surface area contributed by atoms with Crippen LogP contribution in [0.4, 0.5) is 0 Å². The fraction of sp³-hybridized carbons (Fsp3) is 0.632. The summed E-state index contributed by atoms with van der Waals surface area (Å²) in [6, 6.07) is 8.88. The Hall–Kier alpha value is -1.31. The van der Waals surface area contributed by atoms with Crippen molar-refractivity contribution in [3.63, 3.8) is 0 Å². The second-order valence-corrected chi connectivity index (χ2v) is 6.26. The van der Waals surface area contributed by atoms with Gasteiger partial charge in [-0.25, -0.2) is 0 Å². The number of aryl methyl sites for hydroxylation is 1. The SMILES string of the molecule is CCOC(=O)CC[C@@H](c1ccc(C)cc1)C1CCCCC1. The van der Waals surface area contributed by atoms with Crippen LogP contribution >= 0.6 is 0 Å². The van der Waals surface area contributed by atoms with Gasteiger partial charge in [-0.05, 0) is 50.5 Å². The summed E-state index contributed by atoms with van der Waals surface area (Å²) in [4.78, 5) is 11.7. The molecule has 0 saturated heterocycles. The van der Waals surface area contributed by atoms with E-state index >= 15 is 0 Å². The maximum atomic E-state index is 11.7. The number of ether oxygens (including phenoxy) is 1. The first-order chi connectivity index (χ1) is 10.2. The van der Waals surface area contributed by atoms with Gasteiger partial charge in [0.15, 0.2) is 0 Å². The summed E-state index contributed by atoms with van der Waals surface area (Å²) >= 11 is 0. The van der Waals surface area contributed by atoms with Gasteiger partial charge < -0.3 is 4.74 Å². The lowest BCUT2D eigenvalue weighted by atomic mass is 9.75. The summed E-state index contributed by atoms with van der Waals surface area (Å²) in [5, 5.41) is 0. The van der Waals surface area contributed by atoms with E-state index in [2.05, 4.69) is 31.2 Å². The molecule has 1 atom stereocenters. The van der Waals surface area contributed by atoms with Crippen LogP contribution in [0.25, 0.3) is 0 Å². The fourth-order valence-electron chi connectivity index (χ4n) is 3.53. The van der Waals surface area contributed by atoms with Crippen LogP contribution in [-0.2, 0) is 9.53 Å². The monoisotopic (exact) mass is 288 g/mol. The van der Waals surface area contributed by atoms with Gasteiger partial charge in [-0.3, -0.25) is 4.79 Å². The zero-order valence-electron chi connectivity index (χ0n) is 13.4. The first kappa shape index (κ1) is 16.1. The van der Waals surface area contributed by atoms with Crippen molar-refractivity contribution in [1.29, 1.82) is 0 Å². The first-order valence-corrected chi connectivity index (χ1v) is 8.43. The van der Waals surface area contributed by atoms with Crippen molar-refractivity contribution in [2.45, 2.75) is 64.7 Å². The smallest absolute Gasteiger partial charge is 0.305 e. The Labute approximate surface area is 128 Å². The predicted molar refractivity (Wildman–Crippen MR) is 86.4 cm³/mol. The highest BCUT2D eigenvalue weighted by Gasteiger charge is 2.25. The molecule has 116 valence electrons. The maximum Gasteiger partial charge on any atom is 0.305 e. The van der Waals surface area contributed by atoms with Crippen LogP contribution < -0.4 is 0 Å². The number of rotatable bonds is 6. The number of esters is 1. The minimum absolute atomic E-state index is 0.0505. The molecule has 0 amide bonds. The van der Waals surface area contributed by atoms with Crippen molar-refractivity contribution < 1.29 is 9.53 Å². The molecule has 21 heavy (non-hydrogen) atoms. The molecule has 0 heterocycles. The van der Waals surface area contributed by atoms with E-state index in [9.17, 15) is 4.79 Å². The van der Waals surface area contributed by atoms with Crippen molar-refractivity contribution in [2.24, 2.45) is 5.92 Å². The lowest BCUT2D eigenvalue weighted by Crippen LogP contribution is -2.18. The Morgan fingerprint density at radius 1 is 1.19 bits per heavy atom.